The molecule has 1 N–H and O–H groups in total. The molecular formula is C22H23BrN2O3S. The molecule has 2 aromatic rings. The van der Waals surface area contributed by atoms with Gasteiger partial charge in [-0.1, -0.05) is 46.3 Å². The van der Waals surface area contributed by atoms with Gasteiger partial charge in [-0.2, -0.15) is 0 Å². The molecule has 4 rings (SSSR count). The van der Waals surface area contributed by atoms with E-state index in [1.54, 1.807) is 0 Å². The van der Waals surface area contributed by atoms with Crippen molar-refractivity contribution < 1.29 is 14.3 Å². The van der Waals surface area contributed by atoms with Crippen LogP contribution in [-0.2, 0) is 16.0 Å². The summed E-state index contributed by atoms with van der Waals surface area (Å²) in [4.78, 5) is 15.0. The Balaban J connectivity index is 1.72. The van der Waals surface area contributed by atoms with Crippen molar-refractivity contribution >= 4 is 39.2 Å². The van der Waals surface area contributed by atoms with Crippen molar-refractivity contribution in [1.29, 1.82) is 0 Å². The molecule has 29 heavy (non-hydrogen) atoms. The average molecular weight is 475 g/mol. The van der Waals surface area contributed by atoms with E-state index < -0.39 is 11.6 Å². The third kappa shape index (κ3) is 3.62. The molecule has 0 spiro atoms. The third-order valence-electron chi connectivity index (χ3n) is 5.60. The molecule has 0 radical (unpaired) electrons. The van der Waals surface area contributed by atoms with Gasteiger partial charge in [-0.05, 0) is 56.2 Å². The lowest BCUT2D eigenvalue weighted by Crippen LogP contribution is -2.71. The molecule has 0 amide bonds. The van der Waals surface area contributed by atoms with Crippen LogP contribution in [0.1, 0.15) is 31.0 Å². The topological polar surface area (TPSA) is 50.8 Å². The molecule has 2 heterocycles. The lowest BCUT2D eigenvalue weighted by molar-refractivity contribution is -0.175. The van der Waals surface area contributed by atoms with Gasteiger partial charge in [0.15, 0.2) is 10.8 Å². The van der Waals surface area contributed by atoms with Gasteiger partial charge >= 0.3 is 5.97 Å². The highest BCUT2D eigenvalue weighted by Crippen LogP contribution is 2.49. The Morgan fingerprint density at radius 1 is 1.31 bits per heavy atom. The van der Waals surface area contributed by atoms with E-state index in [2.05, 4.69) is 33.4 Å². The average Bonchev–Trinajstić information content (AvgIpc) is 2.69. The first-order valence-electron chi connectivity index (χ1n) is 9.71. The van der Waals surface area contributed by atoms with Crippen molar-refractivity contribution in [3.05, 3.63) is 64.1 Å². The number of benzene rings is 2. The van der Waals surface area contributed by atoms with Crippen LogP contribution in [0.25, 0.3) is 0 Å². The van der Waals surface area contributed by atoms with Crippen LogP contribution in [-0.4, -0.2) is 34.9 Å². The second-order valence-electron chi connectivity index (χ2n) is 7.38. The van der Waals surface area contributed by atoms with Crippen LogP contribution in [0, 0.1) is 5.92 Å². The first-order chi connectivity index (χ1) is 13.9. The molecule has 2 aliphatic rings. The fourth-order valence-electron chi connectivity index (χ4n) is 4.22. The summed E-state index contributed by atoms with van der Waals surface area (Å²) in [6.07, 6.45) is 0.787. The molecule has 2 aliphatic heterocycles. The minimum absolute atomic E-state index is 0.287. The molecule has 2 bridgehead atoms. The predicted octanol–water partition coefficient (Wildman–Crippen LogP) is 4.21. The molecule has 1 saturated heterocycles. The van der Waals surface area contributed by atoms with E-state index in [1.165, 1.54) is 5.56 Å². The molecule has 152 valence electrons. The van der Waals surface area contributed by atoms with E-state index in [4.69, 9.17) is 21.7 Å². The number of nitrogens with one attached hydrogen (secondary N) is 1. The van der Waals surface area contributed by atoms with E-state index in [-0.39, 0.29) is 12.0 Å². The Labute approximate surface area is 184 Å². The fourth-order valence-corrected chi connectivity index (χ4v) is 5.00. The van der Waals surface area contributed by atoms with Crippen LogP contribution in [0.3, 0.4) is 0 Å². The zero-order chi connectivity index (χ0) is 20.6. The summed E-state index contributed by atoms with van der Waals surface area (Å²) in [5.74, 6) is -0.0852. The maximum Gasteiger partial charge on any atom is 0.317 e. The van der Waals surface area contributed by atoms with E-state index >= 15 is 0 Å². The largest absolute Gasteiger partial charge is 0.467 e. The number of fused-ring (bicyclic) bond motifs is 4. The molecule has 0 aromatic heterocycles. The first-order valence-corrected chi connectivity index (χ1v) is 10.9. The fraction of sp³-hybridized carbons (Fsp3) is 0.364. The summed E-state index contributed by atoms with van der Waals surface area (Å²) in [6.45, 7) is 4.69. The predicted molar refractivity (Wildman–Crippen MR) is 119 cm³/mol. The van der Waals surface area contributed by atoms with Gasteiger partial charge in [-0.15, -0.1) is 0 Å². The lowest BCUT2D eigenvalue weighted by Gasteiger charge is -2.55. The minimum Gasteiger partial charge on any atom is -0.467 e. The summed E-state index contributed by atoms with van der Waals surface area (Å²) in [7, 11) is 0. The summed E-state index contributed by atoms with van der Waals surface area (Å²) in [6, 6.07) is 15.7. The van der Waals surface area contributed by atoms with E-state index in [0.717, 1.165) is 22.2 Å². The van der Waals surface area contributed by atoms with Crippen molar-refractivity contribution in [3.8, 4) is 5.75 Å². The van der Waals surface area contributed by atoms with Gasteiger partial charge in [0.25, 0.3) is 0 Å². The zero-order valence-corrected chi connectivity index (χ0v) is 18.8. The number of thiocarbonyl (C=S) groups is 1. The molecule has 2 aromatic carbocycles. The number of ether oxygens (including phenoxy) is 2. The highest BCUT2D eigenvalue weighted by molar-refractivity contribution is 9.10. The van der Waals surface area contributed by atoms with Gasteiger partial charge < -0.3 is 19.7 Å². The van der Waals surface area contributed by atoms with Crippen LogP contribution in [0.5, 0.6) is 5.75 Å². The summed E-state index contributed by atoms with van der Waals surface area (Å²) in [5, 5.41) is 3.97. The number of hydrogen-bond acceptors (Lipinski definition) is 4. The van der Waals surface area contributed by atoms with E-state index in [0.29, 0.717) is 18.3 Å². The van der Waals surface area contributed by atoms with Gasteiger partial charge in [0, 0.05) is 16.6 Å². The molecule has 0 saturated carbocycles. The van der Waals surface area contributed by atoms with Crippen LogP contribution in [0.2, 0.25) is 0 Å². The monoisotopic (exact) mass is 474 g/mol. The highest BCUT2D eigenvalue weighted by atomic mass is 79.9. The third-order valence-corrected chi connectivity index (χ3v) is 6.43. The maximum atomic E-state index is 13.0. The summed E-state index contributed by atoms with van der Waals surface area (Å²) >= 11 is 9.22. The van der Waals surface area contributed by atoms with Gasteiger partial charge in [-0.3, -0.25) is 4.79 Å². The van der Waals surface area contributed by atoms with Gasteiger partial charge in [0.1, 0.15) is 11.7 Å². The Hall–Kier alpha value is -2.12. The van der Waals surface area contributed by atoms with Gasteiger partial charge in [-0.25, -0.2) is 0 Å². The second kappa shape index (κ2) is 7.95. The lowest BCUT2D eigenvalue weighted by atomic mass is 9.79. The number of hydrogen-bond donors (Lipinski definition) is 1. The Morgan fingerprint density at radius 3 is 2.79 bits per heavy atom. The first kappa shape index (κ1) is 20.2. The quantitative estimate of drug-likeness (QED) is 0.517. The van der Waals surface area contributed by atoms with Gasteiger partial charge in [0.05, 0.1) is 12.6 Å². The number of halogens is 1. The van der Waals surface area contributed by atoms with Crippen molar-refractivity contribution in [2.45, 2.75) is 32.0 Å². The molecule has 0 aliphatic carbocycles. The SMILES string of the molecule is CCOC(=O)C1C2NC(=S)N(CCc3ccccc3)C1(C)Oc1ccc(Br)cc12. The normalized spacial score (nSPS) is 24.9. The molecule has 7 heteroatoms. The summed E-state index contributed by atoms with van der Waals surface area (Å²) < 4.78 is 12.8. The second-order valence-corrected chi connectivity index (χ2v) is 8.69. The van der Waals surface area contributed by atoms with Crippen LogP contribution in [0.15, 0.2) is 53.0 Å². The van der Waals surface area contributed by atoms with Crippen LogP contribution < -0.4 is 10.1 Å². The number of nitrogens with zero attached hydrogens (tertiary/aromatic N) is 1. The Kier molecular flexibility index (Phi) is 5.53. The van der Waals surface area contributed by atoms with Crippen LogP contribution in [0.4, 0.5) is 0 Å². The number of rotatable bonds is 5. The van der Waals surface area contributed by atoms with Crippen molar-refractivity contribution in [2.24, 2.45) is 5.92 Å². The maximum absolute atomic E-state index is 13.0. The smallest absolute Gasteiger partial charge is 0.317 e. The van der Waals surface area contributed by atoms with Crippen molar-refractivity contribution in [1.82, 2.24) is 10.2 Å². The van der Waals surface area contributed by atoms with Gasteiger partial charge in [0.2, 0.25) is 0 Å². The Morgan fingerprint density at radius 2 is 2.07 bits per heavy atom. The van der Waals surface area contributed by atoms with Crippen LogP contribution >= 0.6 is 28.1 Å². The standard InChI is InChI=1S/C22H23BrN2O3S/c1-3-27-20(26)18-19-16-13-15(23)9-10-17(16)28-22(18,2)25(21(29)24-19)12-11-14-7-5-4-6-8-14/h4-10,13,18-19H,3,11-12H2,1-2H3,(H,24,29). The molecular weight excluding hydrogens is 452 g/mol. The Bertz CT molecular complexity index is 939. The molecule has 3 atom stereocenters. The van der Waals surface area contributed by atoms with E-state index in [1.807, 2.05) is 55.1 Å². The zero-order valence-electron chi connectivity index (χ0n) is 16.4. The highest BCUT2D eigenvalue weighted by Gasteiger charge is 2.59. The molecule has 1 fully saturated rings. The minimum atomic E-state index is -0.936. The summed E-state index contributed by atoms with van der Waals surface area (Å²) in [5.41, 5.74) is 1.17. The molecule has 5 nitrogen and oxygen atoms in total. The number of esters is 1. The number of carbonyl (C=O) groups excluding carboxylic acids is 1. The number of carbonyl (C=O) groups is 1. The van der Waals surface area contributed by atoms with E-state index in [9.17, 15) is 4.79 Å². The van der Waals surface area contributed by atoms with Crippen molar-refractivity contribution in [3.63, 3.8) is 0 Å². The molecule has 3 unspecified atom stereocenters. The van der Waals surface area contributed by atoms with Crippen molar-refractivity contribution in [2.75, 3.05) is 13.2 Å².